The van der Waals surface area contributed by atoms with E-state index in [0.717, 1.165) is 5.56 Å². The van der Waals surface area contributed by atoms with E-state index in [4.69, 9.17) is 4.52 Å². The molecule has 25 heavy (non-hydrogen) atoms. The van der Waals surface area contributed by atoms with Gasteiger partial charge in [0.2, 0.25) is 0 Å². The summed E-state index contributed by atoms with van der Waals surface area (Å²) < 4.78 is 33.6. The van der Waals surface area contributed by atoms with Crippen LogP contribution in [0, 0.1) is 5.92 Å². The van der Waals surface area contributed by atoms with E-state index in [1.54, 1.807) is 30.3 Å². The summed E-state index contributed by atoms with van der Waals surface area (Å²) in [6, 6.07) is 17.7. The van der Waals surface area contributed by atoms with Crippen molar-refractivity contribution in [1.29, 1.82) is 0 Å². The van der Waals surface area contributed by atoms with E-state index in [9.17, 15) is 8.42 Å². The highest BCUT2D eigenvalue weighted by molar-refractivity contribution is 7.92. The minimum atomic E-state index is -3.72. The summed E-state index contributed by atoms with van der Waals surface area (Å²) in [6.07, 6.45) is 0.590. The minimum absolute atomic E-state index is 0.200. The van der Waals surface area contributed by atoms with Gasteiger partial charge in [-0.25, -0.2) is 8.42 Å². The van der Waals surface area contributed by atoms with Crippen LogP contribution in [-0.2, 0) is 16.4 Å². The second-order valence-electron chi connectivity index (χ2n) is 6.21. The van der Waals surface area contributed by atoms with Gasteiger partial charge in [0.1, 0.15) is 11.4 Å². The van der Waals surface area contributed by atoms with Crippen LogP contribution in [0.4, 0.5) is 5.69 Å². The number of nitrogens with zero attached hydrogens (tertiary/aromatic N) is 1. The maximum Gasteiger partial charge on any atom is 0.262 e. The second kappa shape index (κ2) is 7.11. The Hall–Kier alpha value is -2.60. The van der Waals surface area contributed by atoms with Gasteiger partial charge in [-0.05, 0) is 18.1 Å². The highest BCUT2D eigenvalue weighted by Crippen LogP contribution is 2.33. The Kier molecular flexibility index (Phi) is 4.90. The molecule has 0 unspecified atom stereocenters. The lowest BCUT2D eigenvalue weighted by Gasteiger charge is -2.10. The smallest absolute Gasteiger partial charge is 0.262 e. The topological polar surface area (TPSA) is 72.2 Å². The molecule has 6 heteroatoms. The fourth-order valence-corrected chi connectivity index (χ4v) is 3.64. The average molecular weight is 356 g/mol. The fraction of sp³-hybridized carbons (Fsp3) is 0.211. The number of hydrogen-bond donors (Lipinski definition) is 1. The Bertz CT molecular complexity index is 933. The van der Waals surface area contributed by atoms with Gasteiger partial charge >= 0.3 is 0 Å². The molecule has 0 aliphatic heterocycles. The molecule has 0 radical (unpaired) electrons. The van der Waals surface area contributed by atoms with Gasteiger partial charge < -0.3 is 4.52 Å². The molecule has 3 rings (SSSR count). The molecule has 0 aliphatic carbocycles. The molecule has 1 N–H and O–H groups in total. The zero-order valence-corrected chi connectivity index (χ0v) is 15.0. The molecule has 5 nitrogen and oxygen atoms in total. The first-order valence-corrected chi connectivity index (χ1v) is 9.57. The van der Waals surface area contributed by atoms with Crippen molar-refractivity contribution in [2.75, 3.05) is 4.72 Å². The van der Waals surface area contributed by atoms with Gasteiger partial charge in [-0.3, -0.25) is 4.72 Å². The monoisotopic (exact) mass is 356 g/mol. The first-order valence-electron chi connectivity index (χ1n) is 8.09. The van der Waals surface area contributed by atoms with Crippen molar-refractivity contribution in [3.63, 3.8) is 0 Å². The predicted molar refractivity (Wildman–Crippen MR) is 97.7 cm³/mol. The lowest BCUT2D eigenvalue weighted by atomic mass is 10.1. The van der Waals surface area contributed by atoms with Crippen molar-refractivity contribution >= 4 is 15.7 Å². The number of hydrogen-bond acceptors (Lipinski definition) is 4. The van der Waals surface area contributed by atoms with Crippen LogP contribution in [0.1, 0.15) is 19.6 Å². The summed E-state index contributed by atoms with van der Waals surface area (Å²) in [7, 11) is -3.72. The molecule has 0 atom stereocenters. The van der Waals surface area contributed by atoms with E-state index >= 15 is 0 Å². The van der Waals surface area contributed by atoms with Crippen LogP contribution in [0.2, 0.25) is 0 Å². The Labute approximate surface area is 147 Å². The van der Waals surface area contributed by atoms with Gasteiger partial charge in [0.15, 0.2) is 5.76 Å². The summed E-state index contributed by atoms with van der Waals surface area (Å²) in [5.41, 5.74) is 1.70. The van der Waals surface area contributed by atoms with Crippen molar-refractivity contribution in [1.82, 2.24) is 5.16 Å². The molecule has 0 saturated carbocycles. The summed E-state index contributed by atoms with van der Waals surface area (Å²) in [4.78, 5) is 0.200. The SMILES string of the molecule is CC(C)Cc1onc(-c2ccccc2)c1NS(=O)(=O)c1ccccc1. The van der Waals surface area contributed by atoms with E-state index in [2.05, 4.69) is 9.88 Å². The molecule has 0 bridgehead atoms. The molecule has 0 saturated heterocycles. The number of sulfonamides is 1. The van der Waals surface area contributed by atoms with Crippen molar-refractivity contribution in [3.05, 3.63) is 66.4 Å². The third-order valence-corrected chi connectivity index (χ3v) is 5.06. The third-order valence-electron chi connectivity index (χ3n) is 3.69. The third kappa shape index (κ3) is 3.91. The van der Waals surface area contributed by atoms with Gasteiger partial charge in [-0.1, -0.05) is 67.5 Å². The zero-order chi connectivity index (χ0) is 17.9. The average Bonchev–Trinajstić information content (AvgIpc) is 2.98. The van der Waals surface area contributed by atoms with Crippen LogP contribution >= 0.6 is 0 Å². The van der Waals surface area contributed by atoms with Crippen LogP contribution in [-0.4, -0.2) is 13.6 Å². The lowest BCUT2D eigenvalue weighted by molar-refractivity contribution is 0.371. The molecular weight excluding hydrogens is 336 g/mol. The Morgan fingerprint density at radius 2 is 1.60 bits per heavy atom. The molecule has 3 aromatic rings. The highest BCUT2D eigenvalue weighted by Gasteiger charge is 2.24. The van der Waals surface area contributed by atoms with Crippen LogP contribution in [0.3, 0.4) is 0 Å². The van der Waals surface area contributed by atoms with Gasteiger partial charge in [-0.15, -0.1) is 0 Å². The quantitative estimate of drug-likeness (QED) is 0.713. The summed E-state index contributed by atoms with van der Waals surface area (Å²) in [5.74, 6) is 0.838. The van der Waals surface area contributed by atoms with Crippen molar-refractivity contribution < 1.29 is 12.9 Å². The standard InChI is InChI=1S/C19H20N2O3S/c1-14(2)13-17-19(18(20-24-17)15-9-5-3-6-10-15)21-25(22,23)16-11-7-4-8-12-16/h3-12,14,21H,13H2,1-2H3. The van der Waals surface area contributed by atoms with E-state index in [1.165, 1.54) is 0 Å². The predicted octanol–water partition coefficient (Wildman–Crippen LogP) is 4.34. The Morgan fingerprint density at radius 3 is 2.20 bits per heavy atom. The number of benzene rings is 2. The number of nitrogens with one attached hydrogen (secondary N) is 1. The maximum absolute atomic E-state index is 12.7. The molecule has 130 valence electrons. The summed E-state index contributed by atoms with van der Waals surface area (Å²) >= 11 is 0. The van der Waals surface area contributed by atoms with Gasteiger partial charge in [-0.2, -0.15) is 0 Å². The van der Waals surface area contributed by atoms with Crippen LogP contribution in [0.15, 0.2) is 70.1 Å². The number of rotatable bonds is 6. The molecule has 0 amide bonds. The van der Waals surface area contributed by atoms with E-state index in [-0.39, 0.29) is 4.90 Å². The molecule has 1 aromatic heterocycles. The number of anilines is 1. The first kappa shape index (κ1) is 17.2. The maximum atomic E-state index is 12.7. The zero-order valence-electron chi connectivity index (χ0n) is 14.1. The van der Waals surface area contributed by atoms with Crippen LogP contribution < -0.4 is 4.72 Å². The molecule has 0 fully saturated rings. The fourth-order valence-electron chi connectivity index (χ4n) is 2.53. The van der Waals surface area contributed by atoms with Gasteiger partial charge in [0.25, 0.3) is 10.0 Å². The number of aromatic nitrogens is 1. The van der Waals surface area contributed by atoms with Crippen LogP contribution in [0.25, 0.3) is 11.3 Å². The molecule has 2 aromatic carbocycles. The van der Waals surface area contributed by atoms with Gasteiger partial charge in [0.05, 0.1) is 4.90 Å². The molecule has 0 aliphatic rings. The molecule has 1 heterocycles. The molecule has 0 spiro atoms. The normalized spacial score (nSPS) is 11.6. The van der Waals surface area contributed by atoms with E-state index in [0.29, 0.717) is 29.5 Å². The Balaban J connectivity index is 2.05. The molecular formula is C19H20N2O3S. The summed E-state index contributed by atoms with van der Waals surface area (Å²) in [6.45, 7) is 4.08. The van der Waals surface area contributed by atoms with Crippen molar-refractivity contribution in [3.8, 4) is 11.3 Å². The Morgan fingerprint density at radius 1 is 1.00 bits per heavy atom. The van der Waals surface area contributed by atoms with Gasteiger partial charge in [0, 0.05) is 12.0 Å². The highest BCUT2D eigenvalue weighted by atomic mass is 32.2. The van der Waals surface area contributed by atoms with E-state index < -0.39 is 10.0 Å². The first-order chi connectivity index (χ1) is 12.0. The van der Waals surface area contributed by atoms with Crippen molar-refractivity contribution in [2.24, 2.45) is 5.92 Å². The van der Waals surface area contributed by atoms with E-state index in [1.807, 2.05) is 44.2 Å². The second-order valence-corrected chi connectivity index (χ2v) is 7.89. The largest absolute Gasteiger partial charge is 0.358 e. The lowest BCUT2D eigenvalue weighted by Crippen LogP contribution is -2.14. The summed E-state index contributed by atoms with van der Waals surface area (Å²) in [5, 5.41) is 4.12. The van der Waals surface area contributed by atoms with Crippen LogP contribution in [0.5, 0.6) is 0 Å². The minimum Gasteiger partial charge on any atom is -0.358 e. The van der Waals surface area contributed by atoms with Crippen molar-refractivity contribution in [2.45, 2.75) is 25.2 Å².